The summed E-state index contributed by atoms with van der Waals surface area (Å²) >= 11 is 0. The molecule has 2 N–H and O–H groups in total. The Hall–Kier alpha value is -0.910. The molecular weight excluding hydrogens is 216 g/mol. The molecule has 0 saturated heterocycles. The van der Waals surface area contributed by atoms with Gasteiger partial charge in [-0.1, -0.05) is 17.7 Å². The normalized spacial score (nSPS) is 12.0. The topological polar surface area (TPSA) is 74.6 Å². The number of sulfone groups is 1. The van der Waals surface area contributed by atoms with Crippen molar-refractivity contribution in [2.75, 3.05) is 5.75 Å². The van der Waals surface area contributed by atoms with Crippen molar-refractivity contribution in [3.63, 3.8) is 0 Å². The predicted molar refractivity (Wildman–Crippen MR) is 56.1 cm³/mol. The van der Waals surface area contributed by atoms with Gasteiger partial charge in [0, 0.05) is 6.42 Å². The molecule has 15 heavy (non-hydrogen) atoms. The van der Waals surface area contributed by atoms with E-state index < -0.39 is 16.1 Å². The lowest BCUT2D eigenvalue weighted by Gasteiger charge is -2.05. The lowest BCUT2D eigenvalue weighted by molar-refractivity contribution is -0.0407. The molecule has 5 heteroatoms. The van der Waals surface area contributed by atoms with Gasteiger partial charge in [-0.25, -0.2) is 8.42 Å². The van der Waals surface area contributed by atoms with Crippen LogP contribution in [0.4, 0.5) is 0 Å². The van der Waals surface area contributed by atoms with Gasteiger partial charge in [0.1, 0.15) is 0 Å². The molecule has 0 aliphatic carbocycles. The summed E-state index contributed by atoms with van der Waals surface area (Å²) in [6, 6.07) is 6.47. The molecule has 84 valence electrons. The third kappa shape index (κ3) is 3.62. The minimum atomic E-state index is -3.39. The zero-order valence-corrected chi connectivity index (χ0v) is 9.24. The van der Waals surface area contributed by atoms with Gasteiger partial charge in [0.25, 0.3) is 0 Å². The number of aliphatic hydroxyl groups excluding tert-OH is 1. The first kappa shape index (κ1) is 12.2. The molecule has 0 heterocycles. The molecule has 1 aromatic carbocycles. The van der Waals surface area contributed by atoms with Crippen LogP contribution < -0.4 is 0 Å². The van der Waals surface area contributed by atoms with Crippen LogP contribution >= 0.6 is 0 Å². The minimum absolute atomic E-state index is 0.170. The van der Waals surface area contributed by atoms with Crippen LogP contribution in [-0.4, -0.2) is 30.7 Å². The lowest BCUT2D eigenvalue weighted by Crippen LogP contribution is -2.14. The van der Waals surface area contributed by atoms with Gasteiger partial charge in [-0.3, -0.25) is 0 Å². The Bertz CT molecular complexity index is 406. The molecule has 1 aromatic rings. The number of benzene rings is 1. The van der Waals surface area contributed by atoms with Gasteiger partial charge in [0.2, 0.25) is 0 Å². The predicted octanol–water partition coefficient (Wildman–Crippen LogP) is 0.470. The van der Waals surface area contributed by atoms with Gasteiger partial charge >= 0.3 is 0 Å². The molecule has 0 unspecified atom stereocenters. The number of aryl methyl sites for hydroxylation is 1. The molecule has 0 aliphatic rings. The highest BCUT2D eigenvalue weighted by molar-refractivity contribution is 7.91. The van der Waals surface area contributed by atoms with Crippen LogP contribution in [0.5, 0.6) is 0 Å². The van der Waals surface area contributed by atoms with Crippen LogP contribution in [0.2, 0.25) is 0 Å². The van der Waals surface area contributed by atoms with Crippen molar-refractivity contribution in [3.8, 4) is 0 Å². The van der Waals surface area contributed by atoms with Gasteiger partial charge in [-0.15, -0.1) is 0 Å². The van der Waals surface area contributed by atoms with Crippen molar-refractivity contribution in [1.82, 2.24) is 0 Å². The van der Waals surface area contributed by atoms with E-state index in [1.807, 2.05) is 6.92 Å². The van der Waals surface area contributed by atoms with Crippen molar-refractivity contribution in [2.45, 2.75) is 24.5 Å². The highest BCUT2D eigenvalue weighted by Gasteiger charge is 2.15. The summed E-state index contributed by atoms with van der Waals surface area (Å²) in [5, 5.41) is 17.2. The average molecular weight is 230 g/mol. The first-order chi connectivity index (χ1) is 6.92. The highest BCUT2D eigenvalue weighted by atomic mass is 32.2. The summed E-state index contributed by atoms with van der Waals surface area (Å²) in [5.41, 5.74) is 0.983. The summed E-state index contributed by atoms with van der Waals surface area (Å²) in [7, 11) is -3.39. The fraction of sp³-hybridized carbons (Fsp3) is 0.400. The summed E-state index contributed by atoms with van der Waals surface area (Å²) in [6.45, 7) is 1.87. The molecule has 0 aromatic heterocycles. The van der Waals surface area contributed by atoms with Gasteiger partial charge in [-0.2, -0.15) is 0 Å². The maximum absolute atomic E-state index is 11.6. The third-order valence-corrected chi connectivity index (χ3v) is 3.79. The second kappa shape index (κ2) is 4.74. The molecule has 0 radical (unpaired) electrons. The fourth-order valence-electron chi connectivity index (χ4n) is 1.12. The Labute approximate surface area is 89.1 Å². The molecule has 1 rings (SSSR count). The van der Waals surface area contributed by atoms with Crippen LogP contribution in [0, 0.1) is 6.92 Å². The van der Waals surface area contributed by atoms with Crippen LogP contribution in [0.1, 0.15) is 12.0 Å². The first-order valence-electron chi connectivity index (χ1n) is 4.57. The average Bonchev–Trinajstić information content (AvgIpc) is 2.16. The van der Waals surface area contributed by atoms with E-state index >= 15 is 0 Å². The number of rotatable bonds is 4. The van der Waals surface area contributed by atoms with E-state index in [9.17, 15) is 8.42 Å². The van der Waals surface area contributed by atoms with E-state index in [1.54, 1.807) is 12.1 Å². The van der Waals surface area contributed by atoms with Gasteiger partial charge in [0.05, 0.1) is 10.6 Å². The van der Waals surface area contributed by atoms with Crippen molar-refractivity contribution < 1.29 is 18.6 Å². The minimum Gasteiger partial charge on any atom is -0.368 e. The fourth-order valence-corrected chi connectivity index (χ4v) is 2.43. The van der Waals surface area contributed by atoms with Gasteiger partial charge in [0.15, 0.2) is 16.1 Å². The smallest absolute Gasteiger partial charge is 0.178 e. The Kier molecular flexibility index (Phi) is 3.84. The Morgan fingerprint density at radius 1 is 1.20 bits per heavy atom. The second-order valence-electron chi connectivity index (χ2n) is 3.40. The standard InChI is InChI=1S/C10H14O4S/c1-8-2-4-9(5-3-8)15(13,14)7-6-10(11)12/h2-5,10-12H,6-7H2,1H3. The van der Waals surface area contributed by atoms with Crippen LogP contribution in [0.15, 0.2) is 29.2 Å². The van der Waals surface area contributed by atoms with E-state index in [0.29, 0.717) is 0 Å². The zero-order chi connectivity index (χ0) is 11.5. The molecule has 0 bridgehead atoms. The summed E-state index contributed by atoms with van der Waals surface area (Å²) in [4.78, 5) is 0.216. The largest absolute Gasteiger partial charge is 0.368 e. The Morgan fingerprint density at radius 2 is 1.73 bits per heavy atom. The van der Waals surface area contributed by atoms with Crippen LogP contribution in [-0.2, 0) is 9.84 Å². The SMILES string of the molecule is Cc1ccc(S(=O)(=O)CCC(O)O)cc1. The highest BCUT2D eigenvalue weighted by Crippen LogP contribution is 2.13. The quantitative estimate of drug-likeness (QED) is 0.737. The molecule has 0 fully saturated rings. The zero-order valence-electron chi connectivity index (χ0n) is 8.42. The lowest BCUT2D eigenvalue weighted by atomic mass is 10.2. The summed E-state index contributed by atoms with van der Waals surface area (Å²) in [5.74, 6) is -0.256. The van der Waals surface area contributed by atoms with Crippen LogP contribution in [0.25, 0.3) is 0 Å². The van der Waals surface area contributed by atoms with E-state index in [4.69, 9.17) is 10.2 Å². The molecule has 0 saturated carbocycles. The van der Waals surface area contributed by atoms with E-state index in [2.05, 4.69) is 0 Å². The first-order valence-corrected chi connectivity index (χ1v) is 6.22. The number of aliphatic hydroxyl groups is 2. The van der Waals surface area contributed by atoms with E-state index in [0.717, 1.165) is 5.56 Å². The maximum Gasteiger partial charge on any atom is 0.178 e. The third-order valence-electron chi connectivity index (χ3n) is 2.02. The summed E-state index contributed by atoms with van der Waals surface area (Å²) in [6.07, 6.45) is -1.75. The molecule has 4 nitrogen and oxygen atoms in total. The maximum atomic E-state index is 11.6. The molecule has 0 amide bonds. The van der Waals surface area contributed by atoms with E-state index in [1.165, 1.54) is 12.1 Å². The molecule has 0 atom stereocenters. The molecule has 0 spiro atoms. The van der Waals surface area contributed by atoms with Crippen molar-refractivity contribution >= 4 is 9.84 Å². The van der Waals surface area contributed by atoms with Gasteiger partial charge in [-0.05, 0) is 19.1 Å². The molecule has 0 aliphatic heterocycles. The van der Waals surface area contributed by atoms with Crippen molar-refractivity contribution in [3.05, 3.63) is 29.8 Å². The second-order valence-corrected chi connectivity index (χ2v) is 5.51. The van der Waals surface area contributed by atoms with Crippen molar-refractivity contribution in [1.29, 1.82) is 0 Å². The number of hydrogen-bond acceptors (Lipinski definition) is 4. The Morgan fingerprint density at radius 3 is 2.20 bits per heavy atom. The van der Waals surface area contributed by atoms with E-state index in [-0.39, 0.29) is 17.1 Å². The monoisotopic (exact) mass is 230 g/mol. The van der Waals surface area contributed by atoms with Gasteiger partial charge < -0.3 is 10.2 Å². The Balaban J connectivity index is 2.82. The van der Waals surface area contributed by atoms with Crippen molar-refractivity contribution in [2.24, 2.45) is 0 Å². The molecular formula is C10H14O4S. The van der Waals surface area contributed by atoms with Crippen LogP contribution in [0.3, 0.4) is 0 Å². The summed E-state index contributed by atoms with van der Waals surface area (Å²) < 4.78 is 23.3. The number of hydrogen-bond donors (Lipinski definition) is 2.